The van der Waals surface area contributed by atoms with Gasteiger partial charge in [0.25, 0.3) is 0 Å². The van der Waals surface area contributed by atoms with E-state index in [1.54, 1.807) is 0 Å². The van der Waals surface area contributed by atoms with Crippen LogP contribution >= 0.6 is 11.6 Å². The van der Waals surface area contributed by atoms with Crippen LogP contribution in [0.3, 0.4) is 0 Å². The minimum atomic E-state index is -0.891. The Bertz CT molecular complexity index is 1080. The van der Waals surface area contributed by atoms with Gasteiger partial charge >= 0.3 is 0 Å². The molecule has 2 atom stereocenters. The summed E-state index contributed by atoms with van der Waals surface area (Å²) in [5.41, 5.74) is 3.44. The standard InChI is InChI=1S/C23H24ClN5O2/c24-20-22-27-26-21(18-7-9-28(15-18)14-16-4-3-8-25-13-16)29(22)19-6-2-1-5-17(19)12-23(20)30-10-11-31-23/h1-6,8,13,18,20H,7,9-12,14-15H2/t18-,20?/m1/s1. The van der Waals surface area contributed by atoms with Gasteiger partial charge in [-0.15, -0.1) is 21.8 Å². The summed E-state index contributed by atoms with van der Waals surface area (Å²) in [5.74, 6) is 1.07. The summed E-state index contributed by atoms with van der Waals surface area (Å²) in [6, 6.07) is 12.4. The van der Waals surface area contributed by atoms with Gasteiger partial charge in [0, 0.05) is 37.8 Å². The van der Waals surface area contributed by atoms with E-state index in [1.165, 1.54) is 5.56 Å². The number of likely N-dealkylation sites (tertiary alicyclic amines) is 1. The predicted octanol–water partition coefficient (Wildman–Crippen LogP) is 3.23. The van der Waals surface area contributed by atoms with Gasteiger partial charge in [-0.1, -0.05) is 24.3 Å². The molecule has 1 spiro atoms. The van der Waals surface area contributed by atoms with Gasteiger partial charge in [-0.3, -0.25) is 14.5 Å². The van der Waals surface area contributed by atoms with E-state index in [4.69, 9.17) is 21.1 Å². The molecule has 2 fully saturated rings. The second-order valence-electron chi connectivity index (χ2n) is 8.51. The molecule has 31 heavy (non-hydrogen) atoms. The Balaban J connectivity index is 1.36. The lowest BCUT2D eigenvalue weighted by Crippen LogP contribution is -2.37. The van der Waals surface area contributed by atoms with Gasteiger partial charge in [-0.05, 0) is 36.2 Å². The van der Waals surface area contributed by atoms with Gasteiger partial charge in [0.2, 0.25) is 0 Å². The molecule has 0 bridgehead atoms. The van der Waals surface area contributed by atoms with Crippen LogP contribution in [0.1, 0.15) is 40.5 Å². The van der Waals surface area contributed by atoms with Gasteiger partial charge < -0.3 is 9.47 Å². The number of para-hydroxylation sites is 1. The lowest BCUT2D eigenvalue weighted by atomic mass is 10.0. The van der Waals surface area contributed by atoms with Crippen LogP contribution < -0.4 is 0 Å². The molecule has 1 unspecified atom stereocenters. The van der Waals surface area contributed by atoms with Crippen LogP contribution in [0.25, 0.3) is 5.69 Å². The monoisotopic (exact) mass is 437 g/mol. The molecule has 0 N–H and O–H groups in total. The van der Waals surface area contributed by atoms with Crippen LogP contribution in [0.5, 0.6) is 0 Å². The Labute approximate surface area is 186 Å². The molecule has 0 saturated carbocycles. The Morgan fingerprint density at radius 3 is 2.74 bits per heavy atom. The second kappa shape index (κ2) is 7.67. The van der Waals surface area contributed by atoms with Crippen LogP contribution in [0.2, 0.25) is 0 Å². The van der Waals surface area contributed by atoms with Crippen LogP contribution in [-0.4, -0.2) is 56.7 Å². The number of rotatable bonds is 3. The number of ether oxygens (including phenoxy) is 2. The van der Waals surface area contributed by atoms with Crippen molar-refractivity contribution in [3.8, 4) is 5.69 Å². The fourth-order valence-electron chi connectivity index (χ4n) is 5.07. The molecule has 6 rings (SSSR count). The van der Waals surface area contributed by atoms with E-state index in [-0.39, 0.29) is 5.92 Å². The molecule has 160 valence electrons. The van der Waals surface area contributed by atoms with Gasteiger partial charge in [0.15, 0.2) is 11.6 Å². The van der Waals surface area contributed by atoms with Crippen molar-refractivity contribution in [1.29, 1.82) is 0 Å². The third kappa shape index (κ3) is 3.27. The number of halogens is 1. The number of aromatic nitrogens is 4. The highest BCUT2D eigenvalue weighted by Gasteiger charge is 2.50. The van der Waals surface area contributed by atoms with Crippen molar-refractivity contribution < 1.29 is 9.47 Å². The van der Waals surface area contributed by atoms with Crippen molar-refractivity contribution in [2.75, 3.05) is 26.3 Å². The topological polar surface area (TPSA) is 65.3 Å². The van der Waals surface area contributed by atoms with Gasteiger partial charge in [0.1, 0.15) is 11.2 Å². The number of alkyl halides is 1. The highest BCUT2D eigenvalue weighted by Crippen LogP contribution is 2.45. The van der Waals surface area contributed by atoms with Crippen LogP contribution in [-0.2, 0) is 22.4 Å². The van der Waals surface area contributed by atoms with E-state index in [0.29, 0.717) is 25.5 Å². The first-order chi connectivity index (χ1) is 15.2. The lowest BCUT2D eigenvalue weighted by Gasteiger charge is -2.29. The van der Waals surface area contributed by atoms with Gasteiger partial charge in [-0.25, -0.2) is 0 Å². The number of fused-ring (bicyclic) bond motifs is 3. The maximum atomic E-state index is 6.97. The van der Waals surface area contributed by atoms with Crippen molar-refractivity contribution in [2.24, 2.45) is 0 Å². The molecule has 8 heteroatoms. The molecular formula is C23H24ClN5O2. The highest BCUT2D eigenvalue weighted by atomic mass is 35.5. The maximum absolute atomic E-state index is 6.97. The fourth-order valence-corrected chi connectivity index (χ4v) is 5.41. The summed E-state index contributed by atoms with van der Waals surface area (Å²) in [7, 11) is 0. The first-order valence-corrected chi connectivity index (χ1v) is 11.2. The molecule has 2 aromatic heterocycles. The first kappa shape index (κ1) is 19.4. The van der Waals surface area contributed by atoms with E-state index >= 15 is 0 Å². The Kier molecular flexibility index (Phi) is 4.79. The van der Waals surface area contributed by atoms with Crippen LogP contribution in [0, 0.1) is 0 Å². The zero-order chi connectivity index (χ0) is 20.8. The van der Waals surface area contributed by atoms with E-state index in [9.17, 15) is 0 Å². The highest BCUT2D eigenvalue weighted by molar-refractivity contribution is 6.21. The Hall–Kier alpha value is -2.32. The SMILES string of the molecule is ClC1c2nnc([C@@H]3CCN(Cc4cccnc4)C3)n2-c2ccccc2CC12OCCO2. The van der Waals surface area contributed by atoms with Gasteiger partial charge in [-0.2, -0.15) is 0 Å². The third-order valence-electron chi connectivity index (χ3n) is 6.54. The maximum Gasteiger partial charge on any atom is 0.196 e. The van der Waals surface area contributed by atoms with E-state index in [2.05, 4.69) is 42.8 Å². The molecule has 0 amide bonds. The molecule has 0 aliphatic carbocycles. The number of nitrogens with zero attached hydrogens (tertiary/aromatic N) is 5. The molecule has 5 heterocycles. The molecule has 1 aromatic carbocycles. The summed E-state index contributed by atoms with van der Waals surface area (Å²) in [4.78, 5) is 6.69. The normalized spacial score (nSPS) is 24.8. The molecule has 3 aromatic rings. The fraction of sp³-hybridized carbons (Fsp3) is 0.435. The second-order valence-corrected chi connectivity index (χ2v) is 8.95. The summed E-state index contributed by atoms with van der Waals surface area (Å²) < 4.78 is 14.3. The molecule has 2 saturated heterocycles. The zero-order valence-corrected chi connectivity index (χ0v) is 17.9. The average Bonchev–Trinajstić information content (AvgIpc) is 3.53. The average molecular weight is 438 g/mol. The third-order valence-corrected chi connectivity index (χ3v) is 7.07. The Morgan fingerprint density at radius 1 is 1.06 bits per heavy atom. The molecule has 3 aliphatic rings. The molecule has 3 aliphatic heterocycles. The van der Waals surface area contributed by atoms with Crippen molar-refractivity contribution >= 4 is 11.6 Å². The minimum absolute atomic E-state index is 0.286. The first-order valence-electron chi connectivity index (χ1n) is 10.8. The van der Waals surface area contributed by atoms with Crippen LogP contribution in [0.15, 0.2) is 48.8 Å². The smallest absolute Gasteiger partial charge is 0.196 e. The zero-order valence-electron chi connectivity index (χ0n) is 17.2. The lowest BCUT2D eigenvalue weighted by molar-refractivity contribution is -0.159. The Morgan fingerprint density at radius 2 is 1.90 bits per heavy atom. The van der Waals surface area contributed by atoms with Crippen LogP contribution in [0.4, 0.5) is 0 Å². The molecule has 0 radical (unpaired) electrons. The van der Waals surface area contributed by atoms with Crippen molar-refractivity contribution in [3.05, 3.63) is 71.6 Å². The van der Waals surface area contributed by atoms with E-state index < -0.39 is 11.2 Å². The number of hydrogen-bond acceptors (Lipinski definition) is 6. The van der Waals surface area contributed by atoms with Crippen molar-refractivity contribution in [3.63, 3.8) is 0 Å². The van der Waals surface area contributed by atoms with E-state index in [1.807, 2.05) is 30.6 Å². The summed E-state index contributed by atoms with van der Waals surface area (Å²) in [6.45, 7) is 3.92. The van der Waals surface area contributed by atoms with Crippen molar-refractivity contribution in [2.45, 2.75) is 36.5 Å². The quantitative estimate of drug-likeness (QED) is 0.586. The number of benzene rings is 1. The number of pyridine rings is 1. The summed E-state index contributed by atoms with van der Waals surface area (Å²) >= 11 is 6.97. The molecule has 7 nitrogen and oxygen atoms in total. The summed E-state index contributed by atoms with van der Waals surface area (Å²) in [5, 5.41) is 8.68. The van der Waals surface area contributed by atoms with E-state index in [0.717, 1.165) is 43.1 Å². The predicted molar refractivity (Wildman–Crippen MR) is 115 cm³/mol. The summed E-state index contributed by atoms with van der Waals surface area (Å²) in [6.07, 6.45) is 5.38. The number of hydrogen-bond donors (Lipinski definition) is 0. The minimum Gasteiger partial charge on any atom is -0.345 e. The largest absolute Gasteiger partial charge is 0.345 e. The van der Waals surface area contributed by atoms with Crippen molar-refractivity contribution in [1.82, 2.24) is 24.6 Å². The van der Waals surface area contributed by atoms with Gasteiger partial charge in [0.05, 0.1) is 18.9 Å². The molecular weight excluding hydrogens is 414 g/mol.